The molecule has 0 bridgehead atoms. The molecule has 1 saturated carbocycles. The van der Waals surface area contributed by atoms with Gasteiger partial charge in [0.2, 0.25) is 0 Å². The molecule has 0 aromatic carbocycles. The first-order valence-electron chi connectivity index (χ1n) is 7.99. The maximum atomic E-state index is 12.1. The fraction of sp³-hybridized carbons (Fsp3) is 0.824. The van der Waals surface area contributed by atoms with Crippen molar-refractivity contribution in [1.82, 2.24) is 5.32 Å². The summed E-state index contributed by atoms with van der Waals surface area (Å²) >= 11 is 0. The number of carbonyl (C=O) groups excluding carboxylic acids is 1. The summed E-state index contributed by atoms with van der Waals surface area (Å²) < 4.78 is 10.8. The highest BCUT2D eigenvalue weighted by molar-refractivity contribution is 5.70. The van der Waals surface area contributed by atoms with E-state index in [1.165, 1.54) is 6.42 Å². The molecule has 0 spiro atoms. The first kappa shape index (κ1) is 18.0. The summed E-state index contributed by atoms with van der Waals surface area (Å²) in [7, 11) is 1.69. The molecule has 1 unspecified atom stereocenters. The Hall–Kier alpha value is -1.05. The topological polar surface area (TPSA) is 47.6 Å². The summed E-state index contributed by atoms with van der Waals surface area (Å²) in [4.78, 5) is 12.1. The van der Waals surface area contributed by atoms with Gasteiger partial charge in [-0.1, -0.05) is 6.42 Å². The fourth-order valence-corrected chi connectivity index (χ4v) is 2.87. The molecule has 4 nitrogen and oxygen atoms in total. The summed E-state index contributed by atoms with van der Waals surface area (Å²) in [5, 5.41) is 3.31. The molecule has 4 heteroatoms. The van der Waals surface area contributed by atoms with E-state index in [0.717, 1.165) is 45.3 Å². The Morgan fingerprint density at radius 1 is 1.38 bits per heavy atom. The van der Waals surface area contributed by atoms with Gasteiger partial charge in [0.25, 0.3) is 0 Å². The number of methoxy groups -OCH3 is 1. The Kier molecular flexibility index (Phi) is 8.41. The van der Waals surface area contributed by atoms with Crippen LogP contribution in [0.15, 0.2) is 0 Å². The van der Waals surface area contributed by atoms with E-state index in [2.05, 4.69) is 11.2 Å². The molecule has 1 aliphatic carbocycles. The summed E-state index contributed by atoms with van der Waals surface area (Å²) in [6, 6.07) is 0.112. The van der Waals surface area contributed by atoms with Crippen LogP contribution in [0.25, 0.3) is 0 Å². The zero-order chi connectivity index (χ0) is 15.6. The molecule has 0 aliphatic heterocycles. The molecule has 0 radical (unpaired) electrons. The van der Waals surface area contributed by atoms with Crippen LogP contribution < -0.4 is 5.32 Å². The predicted molar refractivity (Wildman–Crippen MR) is 83.9 cm³/mol. The molecule has 1 atom stereocenters. The molecule has 1 fully saturated rings. The van der Waals surface area contributed by atoms with E-state index in [1.54, 1.807) is 7.11 Å². The van der Waals surface area contributed by atoms with Crippen LogP contribution in [0.4, 0.5) is 0 Å². The van der Waals surface area contributed by atoms with Crippen LogP contribution in [-0.4, -0.2) is 37.9 Å². The maximum Gasteiger partial charge on any atom is 0.307 e. The highest BCUT2D eigenvalue weighted by atomic mass is 16.6. The Morgan fingerprint density at radius 3 is 2.71 bits per heavy atom. The molecule has 1 rings (SSSR count). The summed E-state index contributed by atoms with van der Waals surface area (Å²) in [5.74, 6) is 2.54. The number of terminal acetylenes is 1. The van der Waals surface area contributed by atoms with Crippen molar-refractivity contribution < 1.29 is 14.3 Å². The highest BCUT2D eigenvalue weighted by Gasteiger charge is 2.35. The van der Waals surface area contributed by atoms with E-state index in [1.807, 2.05) is 6.92 Å². The number of hydrogen-bond donors (Lipinski definition) is 1. The standard InChI is InChI=1S/C17H29NO3/c1-4-9-17(10-6-5-7-11-17)21-16(19)14-15(2)18-12-8-13-20-3/h1,15,18H,5-14H2,2-3H3. The zero-order valence-electron chi connectivity index (χ0n) is 13.5. The highest BCUT2D eigenvalue weighted by Crippen LogP contribution is 2.34. The first-order chi connectivity index (χ1) is 10.1. The number of ether oxygens (including phenoxy) is 2. The van der Waals surface area contributed by atoms with E-state index in [0.29, 0.717) is 12.8 Å². The minimum atomic E-state index is -0.403. The van der Waals surface area contributed by atoms with Gasteiger partial charge in [-0.25, -0.2) is 0 Å². The number of carbonyl (C=O) groups is 1. The van der Waals surface area contributed by atoms with E-state index < -0.39 is 5.60 Å². The molecule has 120 valence electrons. The molecular formula is C17H29NO3. The maximum absolute atomic E-state index is 12.1. The number of rotatable bonds is 9. The quantitative estimate of drug-likeness (QED) is 0.403. The molecule has 21 heavy (non-hydrogen) atoms. The van der Waals surface area contributed by atoms with E-state index in [-0.39, 0.29) is 12.0 Å². The Morgan fingerprint density at radius 2 is 2.10 bits per heavy atom. The van der Waals surface area contributed by atoms with Crippen LogP contribution in [0.3, 0.4) is 0 Å². The number of hydrogen-bond acceptors (Lipinski definition) is 4. The van der Waals surface area contributed by atoms with Gasteiger partial charge >= 0.3 is 5.97 Å². The van der Waals surface area contributed by atoms with E-state index in [9.17, 15) is 4.79 Å². The monoisotopic (exact) mass is 295 g/mol. The molecule has 0 aromatic heterocycles. The Balaban J connectivity index is 2.34. The van der Waals surface area contributed by atoms with Crippen molar-refractivity contribution in [3.63, 3.8) is 0 Å². The Bertz CT molecular complexity index is 342. The predicted octanol–water partition coefficient (Wildman–Crippen LogP) is 2.66. The van der Waals surface area contributed by atoms with Gasteiger partial charge in [0, 0.05) is 26.2 Å². The van der Waals surface area contributed by atoms with Crippen LogP contribution in [0.1, 0.15) is 58.3 Å². The number of nitrogens with one attached hydrogen (secondary N) is 1. The van der Waals surface area contributed by atoms with Crippen LogP contribution >= 0.6 is 0 Å². The summed E-state index contributed by atoms with van der Waals surface area (Å²) in [6.45, 7) is 3.58. The molecule has 0 amide bonds. The minimum Gasteiger partial charge on any atom is -0.458 e. The summed E-state index contributed by atoms with van der Waals surface area (Å²) in [5.41, 5.74) is -0.403. The largest absolute Gasteiger partial charge is 0.458 e. The lowest BCUT2D eigenvalue weighted by atomic mass is 9.82. The molecule has 1 aliphatic rings. The first-order valence-corrected chi connectivity index (χ1v) is 7.99. The van der Waals surface area contributed by atoms with Crippen LogP contribution in [-0.2, 0) is 14.3 Å². The zero-order valence-corrected chi connectivity index (χ0v) is 13.5. The van der Waals surface area contributed by atoms with Crippen molar-refractivity contribution in [2.45, 2.75) is 69.9 Å². The van der Waals surface area contributed by atoms with Crippen molar-refractivity contribution in [1.29, 1.82) is 0 Å². The van der Waals surface area contributed by atoms with E-state index >= 15 is 0 Å². The van der Waals surface area contributed by atoms with E-state index in [4.69, 9.17) is 15.9 Å². The third-order valence-electron chi connectivity index (χ3n) is 4.01. The second-order valence-corrected chi connectivity index (χ2v) is 6.00. The summed E-state index contributed by atoms with van der Waals surface area (Å²) in [6.07, 6.45) is 12.5. The van der Waals surface area contributed by atoms with Crippen LogP contribution in [0.2, 0.25) is 0 Å². The van der Waals surface area contributed by atoms with Crippen LogP contribution in [0, 0.1) is 12.3 Å². The molecule has 0 saturated heterocycles. The minimum absolute atomic E-state index is 0.112. The lowest BCUT2D eigenvalue weighted by Gasteiger charge is -2.35. The molecular weight excluding hydrogens is 266 g/mol. The molecule has 0 aromatic rings. The fourth-order valence-electron chi connectivity index (χ4n) is 2.87. The smallest absolute Gasteiger partial charge is 0.307 e. The molecule has 1 N–H and O–H groups in total. The van der Waals surface area contributed by atoms with Gasteiger partial charge in [0.1, 0.15) is 5.60 Å². The second kappa shape index (κ2) is 9.81. The third-order valence-corrected chi connectivity index (χ3v) is 4.01. The van der Waals surface area contributed by atoms with Gasteiger partial charge in [-0.15, -0.1) is 12.3 Å². The SMILES string of the molecule is C#CCC1(OC(=O)CC(C)NCCCOC)CCCCC1. The van der Waals surface area contributed by atoms with Crippen molar-refractivity contribution in [3.8, 4) is 12.3 Å². The van der Waals surface area contributed by atoms with Gasteiger partial charge in [0.15, 0.2) is 0 Å². The van der Waals surface area contributed by atoms with Gasteiger partial charge in [0.05, 0.1) is 6.42 Å². The number of esters is 1. The van der Waals surface area contributed by atoms with Gasteiger partial charge in [-0.3, -0.25) is 4.79 Å². The van der Waals surface area contributed by atoms with Crippen molar-refractivity contribution in [2.75, 3.05) is 20.3 Å². The Labute approximate surface area is 129 Å². The molecule has 0 heterocycles. The average Bonchev–Trinajstić information content (AvgIpc) is 2.44. The van der Waals surface area contributed by atoms with Gasteiger partial charge < -0.3 is 14.8 Å². The van der Waals surface area contributed by atoms with Crippen LogP contribution in [0.5, 0.6) is 0 Å². The lowest BCUT2D eigenvalue weighted by Crippen LogP contribution is -2.39. The van der Waals surface area contributed by atoms with Crippen molar-refractivity contribution >= 4 is 5.97 Å². The second-order valence-electron chi connectivity index (χ2n) is 6.00. The lowest BCUT2D eigenvalue weighted by molar-refractivity contribution is -0.163. The third kappa shape index (κ3) is 6.97. The van der Waals surface area contributed by atoms with Crippen molar-refractivity contribution in [2.24, 2.45) is 0 Å². The van der Waals surface area contributed by atoms with Gasteiger partial charge in [-0.05, 0) is 45.6 Å². The van der Waals surface area contributed by atoms with Gasteiger partial charge in [-0.2, -0.15) is 0 Å². The normalized spacial score (nSPS) is 18.7. The van der Waals surface area contributed by atoms with Crippen molar-refractivity contribution in [3.05, 3.63) is 0 Å². The average molecular weight is 295 g/mol.